The van der Waals surface area contributed by atoms with Crippen molar-refractivity contribution in [2.24, 2.45) is 5.92 Å². The highest BCUT2D eigenvalue weighted by atomic mass is 16.3. The van der Waals surface area contributed by atoms with Crippen molar-refractivity contribution in [3.63, 3.8) is 0 Å². The van der Waals surface area contributed by atoms with Crippen molar-refractivity contribution in [1.29, 1.82) is 0 Å². The fraction of sp³-hybridized carbons (Fsp3) is 0.556. The van der Waals surface area contributed by atoms with Gasteiger partial charge >= 0.3 is 5.91 Å². The summed E-state index contributed by atoms with van der Waals surface area (Å²) in [6.07, 6.45) is 6.15. The monoisotopic (exact) mass is 482 g/mol. The van der Waals surface area contributed by atoms with Crippen LogP contribution in [0.25, 0.3) is 11.0 Å². The molecule has 4 rings (SSSR count). The molecule has 2 aliphatic rings. The maximum atomic E-state index is 13.7. The average molecular weight is 483 g/mol. The summed E-state index contributed by atoms with van der Waals surface area (Å²) in [5.41, 5.74) is 3.59. The fourth-order valence-corrected chi connectivity index (χ4v) is 5.43. The number of benzene rings is 1. The fourth-order valence-electron chi connectivity index (χ4n) is 5.43. The van der Waals surface area contributed by atoms with Crippen LogP contribution in [0.1, 0.15) is 82.2 Å². The van der Waals surface area contributed by atoms with Gasteiger partial charge in [-0.2, -0.15) is 5.43 Å². The van der Waals surface area contributed by atoms with E-state index in [-0.39, 0.29) is 47.0 Å². The number of hydrogen-bond acceptors (Lipinski definition) is 5. The highest BCUT2D eigenvalue weighted by Crippen LogP contribution is 2.30. The lowest BCUT2D eigenvalue weighted by atomic mass is 9.93. The normalized spacial score (nSPS) is 22.7. The molecule has 0 unspecified atom stereocenters. The Kier molecular flexibility index (Phi) is 7.69. The summed E-state index contributed by atoms with van der Waals surface area (Å²) in [5, 5.41) is 3.63. The topological polar surface area (TPSA) is 105 Å². The molecule has 2 aromatic rings. The first kappa shape index (κ1) is 25.1. The summed E-state index contributed by atoms with van der Waals surface area (Å²) in [6.45, 7) is 3.93. The maximum Gasteiger partial charge on any atom is 0.338 e. The number of Topliss-reactive ketones (excluding diaryl/α,β-unsaturated/α-hetero) is 1. The molecule has 1 aliphatic heterocycles. The van der Waals surface area contributed by atoms with Gasteiger partial charge in [0, 0.05) is 24.6 Å². The molecule has 2 N–H and O–H groups in total. The lowest BCUT2D eigenvalue weighted by Gasteiger charge is -2.42. The van der Waals surface area contributed by atoms with Gasteiger partial charge in [-0.3, -0.25) is 14.4 Å². The predicted molar refractivity (Wildman–Crippen MR) is 131 cm³/mol. The second-order valence-corrected chi connectivity index (χ2v) is 10.4. The van der Waals surface area contributed by atoms with E-state index in [4.69, 9.17) is 4.42 Å². The first-order valence-corrected chi connectivity index (χ1v) is 12.8. The van der Waals surface area contributed by atoms with Gasteiger partial charge in [-0.15, -0.1) is 4.59 Å². The number of quaternary nitrogens is 1. The van der Waals surface area contributed by atoms with Crippen LogP contribution >= 0.6 is 0 Å². The van der Waals surface area contributed by atoms with E-state index in [9.17, 15) is 19.2 Å². The third-order valence-electron chi connectivity index (χ3n) is 7.20. The van der Waals surface area contributed by atoms with Crippen LogP contribution in [-0.4, -0.2) is 46.7 Å². The molecule has 1 aliphatic carbocycles. The van der Waals surface area contributed by atoms with E-state index in [1.165, 1.54) is 0 Å². The van der Waals surface area contributed by atoms with E-state index in [0.717, 1.165) is 37.5 Å². The molecule has 2 heterocycles. The second kappa shape index (κ2) is 10.7. The molecule has 8 nitrogen and oxygen atoms in total. The summed E-state index contributed by atoms with van der Waals surface area (Å²) < 4.78 is 5.37. The highest BCUT2D eigenvalue weighted by molar-refractivity contribution is 5.98. The van der Waals surface area contributed by atoms with Crippen molar-refractivity contribution < 1.29 is 28.2 Å². The van der Waals surface area contributed by atoms with Gasteiger partial charge in [-0.1, -0.05) is 38.5 Å². The molecule has 1 saturated heterocycles. The lowest BCUT2D eigenvalue weighted by molar-refractivity contribution is -0.907. The van der Waals surface area contributed by atoms with Crippen molar-refractivity contribution in [3.05, 3.63) is 36.1 Å². The minimum atomic E-state index is -0.861. The standard InChI is InChI=1S/C27H35N3O5/c1-18(2)15-22(28-27(34)24-16-19-9-6-7-13-23(19)35-24)26(33)29-30(20-10-4-3-5-11-20)17-21(31)12-8-14-25(30)32/h6-7,9,13,16,18,20,22H,3-5,8,10-12,14-15,17H2,1-2H3,(H-,28,29,33,34)/p+1/t22-,30-/m0/s1. The number of fused-ring (bicyclic) bond motifs is 1. The van der Waals surface area contributed by atoms with E-state index in [1.807, 2.05) is 32.0 Å². The Labute approximate surface area is 206 Å². The number of hydrogen-bond donors (Lipinski definition) is 2. The lowest BCUT2D eigenvalue weighted by Crippen LogP contribution is -2.71. The van der Waals surface area contributed by atoms with Crippen LogP contribution in [0.4, 0.5) is 0 Å². The quantitative estimate of drug-likeness (QED) is 0.580. The number of carbonyl (C=O) groups excluding carboxylic acids is 4. The van der Waals surface area contributed by atoms with Gasteiger partial charge in [0.2, 0.25) is 0 Å². The Morgan fingerprint density at radius 1 is 1.06 bits per heavy atom. The molecule has 2 atom stereocenters. The summed E-state index contributed by atoms with van der Waals surface area (Å²) in [7, 11) is 0. The van der Waals surface area contributed by atoms with Crippen molar-refractivity contribution in [1.82, 2.24) is 10.7 Å². The van der Waals surface area contributed by atoms with Crippen LogP contribution in [-0.2, 0) is 14.4 Å². The Bertz CT molecular complexity index is 1070. The number of likely N-dealkylation sites (tertiary alicyclic amines) is 1. The van der Waals surface area contributed by atoms with Gasteiger partial charge < -0.3 is 9.73 Å². The molecule has 8 heteroatoms. The van der Waals surface area contributed by atoms with Crippen LogP contribution in [0.15, 0.2) is 34.7 Å². The van der Waals surface area contributed by atoms with Crippen molar-refractivity contribution >= 4 is 34.5 Å². The Balaban J connectivity index is 1.59. The number of para-hydroxylation sites is 1. The molecule has 1 aromatic heterocycles. The average Bonchev–Trinajstić information content (AvgIpc) is 3.22. The number of furan rings is 1. The zero-order valence-corrected chi connectivity index (χ0v) is 20.7. The Hall–Kier alpha value is -3.00. The zero-order valence-electron chi connectivity index (χ0n) is 20.7. The van der Waals surface area contributed by atoms with E-state index >= 15 is 0 Å². The number of nitrogens with one attached hydrogen (secondary N) is 2. The molecule has 35 heavy (non-hydrogen) atoms. The van der Waals surface area contributed by atoms with Crippen LogP contribution in [0.3, 0.4) is 0 Å². The third kappa shape index (κ3) is 5.64. The minimum absolute atomic E-state index is 0.00607. The zero-order chi connectivity index (χ0) is 25.0. The largest absolute Gasteiger partial charge is 0.451 e. The van der Waals surface area contributed by atoms with Gasteiger partial charge in [-0.05, 0) is 43.7 Å². The van der Waals surface area contributed by atoms with Crippen LogP contribution < -0.4 is 10.7 Å². The van der Waals surface area contributed by atoms with E-state index in [1.54, 1.807) is 12.1 Å². The first-order valence-electron chi connectivity index (χ1n) is 12.8. The minimum Gasteiger partial charge on any atom is -0.451 e. The summed E-state index contributed by atoms with van der Waals surface area (Å²) in [4.78, 5) is 52.8. The van der Waals surface area contributed by atoms with E-state index in [2.05, 4.69) is 10.7 Å². The van der Waals surface area contributed by atoms with Crippen LogP contribution in [0.2, 0.25) is 0 Å². The predicted octanol–water partition coefficient (Wildman–Crippen LogP) is 4.04. The molecule has 188 valence electrons. The first-order chi connectivity index (χ1) is 16.8. The van der Waals surface area contributed by atoms with Gasteiger partial charge in [0.1, 0.15) is 17.7 Å². The molecule has 0 bridgehead atoms. The molecular formula is C27H36N3O5+. The van der Waals surface area contributed by atoms with E-state index in [0.29, 0.717) is 24.8 Å². The van der Waals surface area contributed by atoms with Gasteiger partial charge in [0.25, 0.3) is 11.8 Å². The highest BCUT2D eigenvalue weighted by Gasteiger charge is 2.49. The van der Waals surface area contributed by atoms with Gasteiger partial charge in [-0.25, -0.2) is 4.79 Å². The van der Waals surface area contributed by atoms with Crippen LogP contribution in [0.5, 0.6) is 0 Å². The van der Waals surface area contributed by atoms with Gasteiger partial charge in [0.05, 0.1) is 6.42 Å². The van der Waals surface area contributed by atoms with Crippen molar-refractivity contribution in [2.75, 3.05) is 6.54 Å². The maximum absolute atomic E-state index is 13.7. The smallest absolute Gasteiger partial charge is 0.338 e. The SMILES string of the molecule is CC(C)C[C@H](NC(=O)c1cc2ccccc2o1)C(=O)N[N@+]1(C2CCCCC2)CC(=O)CCCC1=O. The molecular weight excluding hydrogens is 446 g/mol. The molecule has 0 spiro atoms. The van der Waals surface area contributed by atoms with Crippen molar-refractivity contribution in [3.8, 4) is 0 Å². The Morgan fingerprint density at radius 3 is 2.51 bits per heavy atom. The number of rotatable bonds is 7. The molecule has 0 radical (unpaired) electrons. The number of carbonyl (C=O) groups is 4. The molecule has 1 aromatic carbocycles. The molecule has 2 fully saturated rings. The summed E-state index contributed by atoms with van der Waals surface area (Å²) >= 11 is 0. The summed E-state index contributed by atoms with van der Waals surface area (Å²) in [6, 6.07) is 8.01. The number of nitrogens with zero attached hydrogens (tertiary/aromatic N) is 1. The molecule has 1 saturated carbocycles. The Morgan fingerprint density at radius 2 is 1.80 bits per heavy atom. The van der Waals surface area contributed by atoms with E-state index < -0.39 is 17.9 Å². The summed E-state index contributed by atoms with van der Waals surface area (Å²) in [5.74, 6) is -0.783. The van der Waals surface area contributed by atoms with Crippen LogP contribution in [0, 0.1) is 5.92 Å². The number of ketones is 1. The van der Waals surface area contributed by atoms with Gasteiger partial charge in [0.15, 0.2) is 18.1 Å². The van der Waals surface area contributed by atoms with Crippen molar-refractivity contribution in [2.45, 2.75) is 83.7 Å². The molecule has 3 amide bonds. The second-order valence-electron chi connectivity index (χ2n) is 10.4. The number of amides is 3. The third-order valence-corrected chi connectivity index (χ3v) is 7.20.